The molecule has 0 radical (unpaired) electrons. The largest absolute Gasteiger partial charge is 0.301 e. The molecule has 1 atom stereocenters. The minimum absolute atomic E-state index is 0.00300. The van der Waals surface area contributed by atoms with Crippen LogP contribution >= 0.6 is 27.5 Å². The summed E-state index contributed by atoms with van der Waals surface area (Å²) < 4.78 is 3.10. The van der Waals surface area contributed by atoms with E-state index >= 15 is 0 Å². The Balaban J connectivity index is 2.81. The van der Waals surface area contributed by atoms with E-state index < -0.39 is 0 Å². The first kappa shape index (κ1) is 12.9. The lowest BCUT2D eigenvalue weighted by molar-refractivity contribution is 0.564. The van der Waals surface area contributed by atoms with Crippen LogP contribution in [0.5, 0.6) is 0 Å². The summed E-state index contributed by atoms with van der Waals surface area (Å²) in [5.41, 5.74) is 3.09. The van der Waals surface area contributed by atoms with E-state index in [1.54, 1.807) is 0 Å². The summed E-state index contributed by atoms with van der Waals surface area (Å²) >= 11 is 9.79. The van der Waals surface area contributed by atoms with E-state index in [0.717, 1.165) is 21.5 Å². The number of alkyl halides is 1. The van der Waals surface area contributed by atoms with Crippen LogP contribution in [0.25, 0.3) is 5.65 Å². The predicted octanol–water partition coefficient (Wildman–Crippen LogP) is 4.69. The van der Waals surface area contributed by atoms with Crippen LogP contribution in [-0.2, 0) is 5.41 Å². The molecule has 1 unspecified atom stereocenters. The highest BCUT2D eigenvalue weighted by atomic mass is 79.9. The van der Waals surface area contributed by atoms with E-state index in [0.29, 0.717) is 0 Å². The number of aromatic nitrogens is 2. The lowest BCUT2D eigenvalue weighted by Crippen LogP contribution is -2.15. The number of rotatable bonds is 1. The second-order valence-electron chi connectivity index (χ2n) is 5.29. The van der Waals surface area contributed by atoms with E-state index in [1.165, 1.54) is 0 Å². The molecule has 2 aromatic rings. The van der Waals surface area contributed by atoms with Gasteiger partial charge in [0.05, 0.1) is 16.8 Å². The fourth-order valence-corrected chi connectivity index (χ4v) is 2.51. The molecule has 0 fully saturated rings. The number of fused-ring (bicyclic) bond motifs is 1. The normalized spacial score (nSPS) is 14.2. The average molecular weight is 316 g/mol. The van der Waals surface area contributed by atoms with Crippen LogP contribution in [0, 0.1) is 0 Å². The molecule has 0 saturated heterocycles. The lowest BCUT2D eigenvalue weighted by Gasteiger charge is -2.18. The van der Waals surface area contributed by atoms with Gasteiger partial charge in [-0.05, 0) is 35.0 Å². The molecule has 4 heteroatoms. The average Bonchev–Trinajstić information content (AvgIpc) is 2.55. The van der Waals surface area contributed by atoms with E-state index in [1.807, 2.05) is 25.3 Å². The van der Waals surface area contributed by atoms with Crippen molar-refractivity contribution in [3.63, 3.8) is 0 Å². The molecular formula is C13H16BrClN2. The van der Waals surface area contributed by atoms with Gasteiger partial charge < -0.3 is 4.40 Å². The molecule has 2 rings (SSSR count). The molecule has 2 nitrogen and oxygen atoms in total. The van der Waals surface area contributed by atoms with Crippen LogP contribution in [0.15, 0.2) is 22.8 Å². The molecule has 0 amide bonds. The summed E-state index contributed by atoms with van der Waals surface area (Å²) in [6, 6.07) is 4.00. The van der Waals surface area contributed by atoms with Crippen molar-refractivity contribution in [2.45, 2.75) is 38.5 Å². The zero-order valence-electron chi connectivity index (χ0n) is 10.5. The monoisotopic (exact) mass is 314 g/mol. The van der Waals surface area contributed by atoms with Gasteiger partial charge in [-0.1, -0.05) is 20.8 Å². The van der Waals surface area contributed by atoms with Gasteiger partial charge in [-0.2, -0.15) is 0 Å². The summed E-state index contributed by atoms with van der Waals surface area (Å²) in [5, 5.41) is -0.0616. The zero-order valence-corrected chi connectivity index (χ0v) is 12.8. The van der Waals surface area contributed by atoms with Crippen molar-refractivity contribution in [3.05, 3.63) is 34.2 Å². The molecule has 0 bridgehead atoms. The Kier molecular flexibility index (Phi) is 3.25. The molecule has 0 saturated carbocycles. The fraction of sp³-hybridized carbons (Fsp3) is 0.462. The molecule has 2 aromatic heterocycles. The first-order valence-corrected chi connectivity index (χ1v) is 6.85. The molecule has 0 aromatic carbocycles. The maximum absolute atomic E-state index is 6.31. The number of nitrogens with zero attached hydrogens (tertiary/aromatic N) is 2. The van der Waals surface area contributed by atoms with Gasteiger partial charge in [0.1, 0.15) is 5.65 Å². The summed E-state index contributed by atoms with van der Waals surface area (Å²) in [6.07, 6.45) is 2.02. The Morgan fingerprint density at radius 3 is 2.53 bits per heavy atom. The second kappa shape index (κ2) is 4.29. The molecule has 2 heterocycles. The van der Waals surface area contributed by atoms with Gasteiger partial charge in [-0.25, -0.2) is 4.98 Å². The third-order valence-corrected chi connectivity index (χ3v) is 3.38. The van der Waals surface area contributed by atoms with Crippen LogP contribution in [0.1, 0.15) is 44.5 Å². The lowest BCUT2D eigenvalue weighted by atomic mass is 9.90. The number of imidazole rings is 1. The van der Waals surface area contributed by atoms with Crippen LogP contribution in [-0.4, -0.2) is 9.38 Å². The van der Waals surface area contributed by atoms with Gasteiger partial charge in [0, 0.05) is 16.1 Å². The SMILES string of the molecule is CC(Cl)c1c(C(C)(C)C)nc2ccc(Br)cn12. The van der Waals surface area contributed by atoms with Crippen LogP contribution < -0.4 is 0 Å². The van der Waals surface area contributed by atoms with Crippen molar-refractivity contribution in [3.8, 4) is 0 Å². The fourth-order valence-electron chi connectivity index (χ4n) is 1.97. The van der Waals surface area contributed by atoms with E-state index in [4.69, 9.17) is 16.6 Å². The second-order valence-corrected chi connectivity index (χ2v) is 6.86. The van der Waals surface area contributed by atoms with Crippen LogP contribution in [0.4, 0.5) is 0 Å². The number of hydrogen-bond donors (Lipinski definition) is 0. The van der Waals surface area contributed by atoms with Crippen molar-refractivity contribution >= 4 is 33.2 Å². The number of hydrogen-bond acceptors (Lipinski definition) is 1. The Morgan fingerprint density at radius 1 is 1.35 bits per heavy atom. The third-order valence-electron chi connectivity index (χ3n) is 2.71. The minimum Gasteiger partial charge on any atom is -0.301 e. The van der Waals surface area contributed by atoms with Gasteiger partial charge >= 0.3 is 0 Å². The molecule has 0 spiro atoms. The highest BCUT2D eigenvalue weighted by Crippen LogP contribution is 2.33. The molecule has 0 aliphatic carbocycles. The highest BCUT2D eigenvalue weighted by molar-refractivity contribution is 9.10. The Bertz CT molecular complexity index is 552. The molecule has 0 aliphatic heterocycles. The molecule has 92 valence electrons. The maximum Gasteiger partial charge on any atom is 0.137 e. The molecule has 0 aliphatic rings. The predicted molar refractivity (Wildman–Crippen MR) is 75.9 cm³/mol. The van der Waals surface area contributed by atoms with Crippen molar-refractivity contribution in [1.82, 2.24) is 9.38 Å². The Labute approximate surface area is 115 Å². The first-order valence-electron chi connectivity index (χ1n) is 5.63. The third kappa shape index (κ3) is 2.36. The standard InChI is InChI=1S/C13H16BrClN2/c1-8(15)11-12(13(2,3)4)16-10-6-5-9(14)7-17(10)11/h5-8H,1-4H3. The van der Waals surface area contributed by atoms with Gasteiger partial charge in [-0.3, -0.25) is 0 Å². The van der Waals surface area contributed by atoms with Gasteiger partial charge in [0.25, 0.3) is 0 Å². The van der Waals surface area contributed by atoms with Crippen molar-refractivity contribution in [1.29, 1.82) is 0 Å². The van der Waals surface area contributed by atoms with E-state index in [9.17, 15) is 0 Å². The van der Waals surface area contributed by atoms with Crippen molar-refractivity contribution < 1.29 is 0 Å². The van der Waals surface area contributed by atoms with Gasteiger partial charge in [0.15, 0.2) is 0 Å². The Hall–Kier alpha value is -0.540. The molecule has 17 heavy (non-hydrogen) atoms. The molecule has 0 N–H and O–H groups in total. The highest BCUT2D eigenvalue weighted by Gasteiger charge is 2.25. The van der Waals surface area contributed by atoms with Crippen molar-refractivity contribution in [2.24, 2.45) is 0 Å². The smallest absolute Gasteiger partial charge is 0.137 e. The van der Waals surface area contributed by atoms with Crippen molar-refractivity contribution in [2.75, 3.05) is 0 Å². The topological polar surface area (TPSA) is 17.3 Å². The number of pyridine rings is 1. The molecular weight excluding hydrogens is 300 g/mol. The first-order chi connectivity index (χ1) is 7.80. The summed E-state index contributed by atoms with van der Waals surface area (Å²) in [7, 11) is 0. The van der Waals surface area contributed by atoms with E-state index in [-0.39, 0.29) is 10.8 Å². The minimum atomic E-state index is -0.0616. The van der Waals surface area contributed by atoms with Gasteiger partial charge in [-0.15, -0.1) is 11.6 Å². The Morgan fingerprint density at radius 2 is 2.00 bits per heavy atom. The van der Waals surface area contributed by atoms with Crippen LogP contribution in [0.2, 0.25) is 0 Å². The maximum atomic E-state index is 6.31. The quantitative estimate of drug-likeness (QED) is 0.698. The number of halogens is 2. The summed E-state index contributed by atoms with van der Waals surface area (Å²) in [5.74, 6) is 0. The zero-order chi connectivity index (χ0) is 12.8. The summed E-state index contributed by atoms with van der Waals surface area (Å²) in [6.45, 7) is 8.47. The summed E-state index contributed by atoms with van der Waals surface area (Å²) in [4.78, 5) is 4.70. The van der Waals surface area contributed by atoms with Gasteiger partial charge in [0.2, 0.25) is 0 Å². The van der Waals surface area contributed by atoms with E-state index in [2.05, 4.69) is 41.1 Å². The van der Waals surface area contributed by atoms with Crippen LogP contribution in [0.3, 0.4) is 0 Å².